The zero-order valence-electron chi connectivity index (χ0n) is 9.57. The molecule has 0 radical (unpaired) electrons. The molecule has 88 valence electrons. The lowest BCUT2D eigenvalue weighted by Crippen LogP contribution is -2.36. The van der Waals surface area contributed by atoms with E-state index in [1.165, 1.54) is 11.3 Å². The number of carbonyl (C=O) groups is 1. The molecule has 2 rings (SSSR count). The summed E-state index contributed by atoms with van der Waals surface area (Å²) in [4.78, 5) is 11.6. The quantitative estimate of drug-likeness (QED) is 0.329. The van der Waals surface area contributed by atoms with Crippen LogP contribution in [0.4, 0.5) is 0 Å². The van der Waals surface area contributed by atoms with Crippen molar-refractivity contribution in [2.24, 2.45) is 11.8 Å². The smallest absolute Gasteiger partial charge is 0.237 e. The van der Waals surface area contributed by atoms with Crippen molar-refractivity contribution in [1.82, 2.24) is 15.2 Å². The van der Waals surface area contributed by atoms with Crippen molar-refractivity contribution in [3.63, 3.8) is 0 Å². The van der Waals surface area contributed by atoms with Gasteiger partial charge in [-0.2, -0.15) is 5.10 Å². The van der Waals surface area contributed by atoms with Crippen LogP contribution in [0.1, 0.15) is 31.0 Å². The molecule has 0 unspecified atom stereocenters. The Balaban J connectivity index is 2.24. The zero-order chi connectivity index (χ0) is 11.5. The standard InChI is InChI=1S/C11H18N4O/c1-2-15-10-6-8(11(16)14-12)4-3-5-9(10)7-13-15/h7-8H,2-6,12H2,1H3,(H,14,16)/t8-/m0/s1. The van der Waals surface area contributed by atoms with E-state index in [1.54, 1.807) is 0 Å². The van der Waals surface area contributed by atoms with E-state index in [9.17, 15) is 4.79 Å². The van der Waals surface area contributed by atoms with E-state index >= 15 is 0 Å². The number of aromatic nitrogens is 2. The van der Waals surface area contributed by atoms with E-state index < -0.39 is 0 Å². The Bertz CT molecular complexity index is 385. The molecule has 1 atom stereocenters. The van der Waals surface area contributed by atoms with Crippen molar-refractivity contribution in [3.05, 3.63) is 17.5 Å². The average molecular weight is 222 g/mol. The van der Waals surface area contributed by atoms with Gasteiger partial charge in [-0.05, 0) is 31.7 Å². The minimum absolute atomic E-state index is 0.00625. The highest BCUT2D eigenvalue weighted by atomic mass is 16.2. The van der Waals surface area contributed by atoms with Crippen molar-refractivity contribution in [2.45, 2.75) is 39.2 Å². The number of amides is 1. The highest BCUT2D eigenvalue weighted by Gasteiger charge is 2.24. The maximum Gasteiger partial charge on any atom is 0.237 e. The van der Waals surface area contributed by atoms with Crippen molar-refractivity contribution in [3.8, 4) is 0 Å². The van der Waals surface area contributed by atoms with Crippen LogP contribution < -0.4 is 11.3 Å². The van der Waals surface area contributed by atoms with Crippen molar-refractivity contribution >= 4 is 5.91 Å². The Kier molecular flexibility index (Phi) is 3.24. The molecule has 0 saturated heterocycles. The van der Waals surface area contributed by atoms with Crippen molar-refractivity contribution in [1.29, 1.82) is 0 Å². The Morgan fingerprint density at radius 2 is 2.56 bits per heavy atom. The van der Waals surface area contributed by atoms with Gasteiger partial charge in [0.05, 0.1) is 6.20 Å². The Labute approximate surface area is 95.0 Å². The summed E-state index contributed by atoms with van der Waals surface area (Å²) in [6.45, 7) is 2.92. The number of aryl methyl sites for hydroxylation is 2. The van der Waals surface area contributed by atoms with Crippen LogP contribution in [-0.4, -0.2) is 15.7 Å². The summed E-state index contributed by atoms with van der Waals surface area (Å²) in [5, 5.41) is 4.33. The molecule has 1 amide bonds. The lowest BCUT2D eigenvalue weighted by molar-refractivity contribution is -0.125. The summed E-state index contributed by atoms with van der Waals surface area (Å²) in [5.41, 5.74) is 4.74. The second kappa shape index (κ2) is 4.65. The number of rotatable bonds is 2. The number of hydrogen-bond donors (Lipinski definition) is 2. The Morgan fingerprint density at radius 1 is 1.75 bits per heavy atom. The van der Waals surface area contributed by atoms with E-state index in [2.05, 4.69) is 17.4 Å². The van der Waals surface area contributed by atoms with Gasteiger partial charge in [0.2, 0.25) is 5.91 Å². The predicted octanol–water partition coefficient (Wildman–Crippen LogP) is 0.388. The number of nitrogens with two attached hydrogens (primary N) is 1. The van der Waals surface area contributed by atoms with E-state index in [0.717, 1.165) is 32.2 Å². The molecule has 1 aliphatic carbocycles. The van der Waals surface area contributed by atoms with Crippen LogP contribution in [0.25, 0.3) is 0 Å². The highest BCUT2D eigenvalue weighted by Crippen LogP contribution is 2.24. The van der Waals surface area contributed by atoms with Gasteiger partial charge < -0.3 is 0 Å². The number of hydrogen-bond acceptors (Lipinski definition) is 3. The van der Waals surface area contributed by atoms with Gasteiger partial charge in [0.25, 0.3) is 0 Å². The first-order valence-electron chi connectivity index (χ1n) is 5.80. The van der Waals surface area contributed by atoms with Gasteiger partial charge in [0.1, 0.15) is 0 Å². The first kappa shape index (κ1) is 11.1. The molecular weight excluding hydrogens is 204 g/mol. The van der Waals surface area contributed by atoms with Crippen LogP contribution in [0.5, 0.6) is 0 Å². The van der Waals surface area contributed by atoms with E-state index in [4.69, 9.17) is 5.84 Å². The molecule has 16 heavy (non-hydrogen) atoms. The summed E-state index contributed by atoms with van der Waals surface area (Å²) >= 11 is 0. The van der Waals surface area contributed by atoms with E-state index in [1.807, 2.05) is 10.9 Å². The van der Waals surface area contributed by atoms with Crippen LogP contribution in [0.3, 0.4) is 0 Å². The molecule has 0 aliphatic heterocycles. The molecule has 0 spiro atoms. The molecule has 0 fully saturated rings. The molecule has 3 N–H and O–H groups in total. The Morgan fingerprint density at radius 3 is 3.25 bits per heavy atom. The van der Waals surface area contributed by atoms with Crippen LogP contribution in [-0.2, 0) is 24.2 Å². The van der Waals surface area contributed by atoms with Crippen molar-refractivity contribution < 1.29 is 4.79 Å². The fraction of sp³-hybridized carbons (Fsp3) is 0.636. The Hall–Kier alpha value is -1.36. The van der Waals surface area contributed by atoms with Gasteiger partial charge in [-0.25, -0.2) is 5.84 Å². The molecule has 5 nitrogen and oxygen atoms in total. The van der Waals surface area contributed by atoms with Gasteiger partial charge in [-0.1, -0.05) is 0 Å². The monoisotopic (exact) mass is 222 g/mol. The molecule has 1 aromatic heterocycles. The van der Waals surface area contributed by atoms with Gasteiger partial charge in [-0.15, -0.1) is 0 Å². The lowest BCUT2D eigenvalue weighted by atomic mass is 9.99. The van der Waals surface area contributed by atoms with E-state index in [-0.39, 0.29) is 11.8 Å². The summed E-state index contributed by atoms with van der Waals surface area (Å²) in [6.07, 6.45) is 5.64. The fourth-order valence-corrected chi connectivity index (χ4v) is 2.38. The number of hydrazine groups is 1. The summed E-state index contributed by atoms with van der Waals surface area (Å²) in [6, 6.07) is 0. The number of carbonyl (C=O) groups excluding carboxylic acids is 1. The van der Waals surface area contributed by atoms with Gasteiger partial charge in [-0.3, -0.25) is 14.9 Å². The first-order valence-corrected chi connectivity index (χ1v) is 5.80. The summed E-state index contributed by atoms with van der Waals surface area (Å²) in [7, 11) is 0. The minimum Gasteiger partial charge on any atom is -0.294 e. The third-order valence-electron chi connectivity index (χ3n) is 3.29. The largest absolute Gasteiger partial charge is 0.294 e. The molecule has 0 saturated carbocycles. The number of nitrogens with one attached hydrogen (secondary N) is 1. The normalized spacial score (nSPS) is 20.0. The van der Waals surface area contributed by atoms with Crippen LogP contribution in [0.15, 0.2) is 6.20 Å². The third kappa shape index (κ3) is 1.95. The lowest BCUT2D eigenvalue weighted by Gasteiger charge is -2.13. The fourth-order valence-electron chi connectivity index (χ4n) is 2.38. The topological polar surface area (TPSA) is 72.9 Å². The van der Waals surface area contributed by atoms with Crippen molar-refractivity contribution in [2.75, 3.05) is 0 Å². The third-order valence-corrected chi connectivity index (χ3v) is 3.29. The second-order valence-electron chi connectivity index (χ2n) is 4.23. The zero-order valence-corrected chi connectivity index (χ0v) is 9.57. The predicted molar refractivity (Wildman–Crippen MR) is 60.4 cm³/mol. The minimum atomic E-state index is -0.0586. The summed E-state index contributed by atoms with van der Waals surface area (Å²) in [5.74, 6) is 5.13. The van der Waals surface area contributed by atoms with E-state index in [0.29, 0.717) is 0 Å². The van der Waals surface area contributed by atoms with Crippen LogP contribution >= 0.6 is 0 Å². The average Bonchev–Trinajstić information content (AvgIpc) is 2.57. The molecule has 1 aromatic rings. The molecule has 1 heterocycles. The maximum atomic E-state index is 11.6. The first-order chi connectivity index (χ1) is 7.76. The number of nitrogens with zero attached hydrogens (tertiary/aromatic N) is 2. The second-order valence-corrected chi connectivity index (χ2v) is 4.23. The van der Waals surface area contributed by atoms with Gasteiger partial charge in [0.15, 0.2) is 0 Å². The van der Waals surface area contributed by atoms with Crippen LogP contribution in [0, 0.1) is 5.92 Å². The van der Waals surface area contributed by atoms with Gasteiger partial charge >= 0.3 is 0 Å². The molecule has 0 aromatic carbocycles. The van der Waals surface area contributed by atoms with Gasteiger partial charge in [0, 0.05) is 24.6 Å². The SMILES string of the molecule is CCn1ncc2c1C[C@@H](C(=O)NN)CCC2. The molecule has 1 aliphatic rings. The molecular formula is C11H18N4O. The number of fused-ring (bicyclic) bond motifs is 1. The molecule has 0 bridgehead atoms. The summed E-state index contributed by atoms with van der Waals surface area (Å²) < 4.78 is 1.98. The molecule has 5 heteroatoms. The van der Waals surface area contributed by atoms with Crippen LogP contribution in [0.2, 0.25) is 0 Å². The maximum absolute atomic E-state index is 11.6. The highest BCUT2D eigenvalue weighted by molar-refractivity contribution is 5.78.